The monoisotopic (exact) mass is 653 g/mol. The first kappa shape index (κ1) is 33.9. The zero-order valence-electron chi connectivity index (χ0n) is 29.5. The Morgan fingerprint density at radius 3 is 2.58 bits per heavy atom. The van der Waals surface area contributed by atoms with Crippen LogP contribution in [0.15, 0.2) is 60.8 Å². The number of carbonyl (C=O) groups excluding carboxylic acids is 1. The third-order valence-electron chi connectivity index (χ3n) is 9.94. The van der Waals surface area contributed by atoms with Gasteiger partial charge >= 0.3 is 6.03 Å². The number of likely N-dealkylation sites (N-methyl/N-ethyl adjacent to an activating group) is 1. The van der Waals surface area contributed by atoms with Gasteiger partial charge in [-0.15, -0.1) is 10.2 Å². The average molecular weight is 654 g/mol. The van der Waals surface area contributed by atoms with E-state index in [1.807, 2.05) is 50.6 Å². The molecular weight excluding hydrogens is 602 g/mol. The van der Waals surface area contributed by atoms with Crippen molar-refractivity contribution in [3.63, 3.8) is 0 Å². The van der Waals surface area contributed by atoms with Crippen molar-refractivity contribution < 1.29 is 14.3 Å². The van der Waals surface area contributed by atoms with Gasteiger partial charge in [-0.05, 0) is 112 Å². The Bertz CT molecular complexity index is 1750. The second-order valence-corrected chi connectivity index (χ2v) is 14.9. The van der Waals surface area contributed by atoms with Gasteiger partial charge in [0.1, 0.15) is 11.9 Å². The lowest BCUT2D eigenvalue weighted by Gasteiger charge is -2.32. The van der Waals surface area contributed by atoms with E-state index >= 15 is 0 Å². The molecule has 6 rings (SSSR count). The second kappa shape index (κ2) is 13.9. The molecule has 1 aliphatic carbocycles. The minimum atomic E-state index is -0.226. The quantitative estimate of drug-likeness (QED) is 0.181. The SMILES string of the molecule is CN(C)CCOCc1cc(NC(=O)N[C@H]2CC[C@@H](Oc3ccc4nnc(C5(C)CCCN5C)n4c3)c3ccccc32)cc(C(C)(C)C)c1. The number of anilines is 1. The molecule has 1 unspecified atom stereocenters. The maximum Gasteiger partial charge on any atom is 0.319 e. The van der Waals surface area contributed by atoms with Gasteiger partial charge in [-0.25, -0.2) is 4.79 Å². The highest BCUT2D eigenvalue weighted by atomic mass is 16.5. The lowest BCUT2D eigenvalue weighted by Crippen LogP contribution is -2.37. The van der Waals surface area contributed by atoms with E-state index in [1.165, 1.54) is 0 Å². The summed E-state index contributed by atoms with van der Waals surface area (Å²) < 4.78 is 14.7. The Morgan fingerprint density at radius 1 is 1.06 bits per heavy atom. The van der Waals surface area contributed by atoms with E-state index in [0.29, 0.717) is 13.2 Å². The number of benzene rings is 2. The second-order valence-electron chi connectivity index (χ2n) is 14.9. The number of nitrogens with one attached hydrogen (secondary N) is 2. The van der Waals surface area contributed by atoms with Gasteiger partial charge < -0.3 is 25.0 Å². The third kappa shape index (κ3) is 7.36. The summed E-state index contributed by atoms with van der Waals surface area (Å²) in [5.41, 5.74) is 5.70. The fourth-order valence-electron chi connectivity index (χ4n) is 6.92. The van der Waals surface area contributed by atoms with Gasteiger partial charge in [0.05, 0.1) is 31.0 Å². The van der Waals surface area contributed by atoms with E-state index in [2.05, 4.69) is 94.0 Å². The fraction of sp³-hybridized carbons (Fsp3) is 0.500. The van der Waals surface area contributed by atoms with E-state index < -0.39 is 0 Å². The lowest BCUT2D eigenvalue weighted by molar-refractivity contribution is 0.105. The van der Waals surface area contributed by atoms with Crippen molar-refractivity contribution in [3.05, 3.63) is 88.9 Å². The van der Waals surface area contributed by atoms with Gasteiger partial charge in [-0.3, -0.25) is 9.30 Å². The molecule has 0 saturated carbocycles. The fourth-order valence-corrected chi connectivity index (χ4v) is 6.92. The molecule has 2 aliphatic rings. The molecule has 2 aromatic carbocycles. The molecule has 10 heteroatoms. The van der Waals surface area contributed by atoms with Crippen LogP contribution < -0.4 is 15.4 Å². The molecule has 10 nitrogen and oxygen atoms in total. The number of pyridine rings is 1. The number of amides is 2. The molecule has 4 aromatic rings. The summed E-state index contributed by atoms with van der Waals surface area (Å²) in [5.74, 6) is 1.72. The van der Waals surface area contributed by atoms with Crippen LogP contribution in [0.3, 0.4) is 0 Å². The molecule has 0 radical (unpaired) electrons. The molecule has 1 aliphatic heterocycles. The summed E-state index contributed by atoms with van der Waals surface area (Å²) in [5, 5.41) is 15.4. The molecule has 2 amide bonds. The first-order valence-corrected chi connectivity index (χ1v) is 17.2. The lowest BCUT2D eigenvalue weighted by atomic mass is 9.85. The maximum absolute atomic E-state index is 13.5. The molecule has 256 valence electrons. The molecule has 2 aromatic heterocycles. The number of fused-ring (bicyclic) bond motifs is 2. The highest BCUT2D eigenvalue weighted by molar-refractivity contribution is 5.89. The minimum absolute atomic E-state index is 0.0742. The van der Waals surface area contributed by atoms with Gasteiger partial charge in [-0.1, -0.05) is 51.1 Å². The average Bonchev–Trinajstić information content (AvgIpc) is 3.62. The number of hydrogen-bond acceptors (Lipinski definition) is 7. The van der Waals surface area contributed by atoms with Crippen molar-refractivity contribution in [2.75, 3.05) is 46.2 Å². The van der Waals surface area contributed by atoms with Crippen molar-refractivity contribution in [1.82, 2.24) is 29.7 Å². The molecule has 2 N–H and O–H groups in total. The molecule has 48 heavy (non-hydrogen) atoms. The summed E-state index contributed by atoms with van der Waals surface area (Å²) in [6, 6.07) is 18.1. The van der Waals surface area contributed by atoms with Crippen LogP contribution in [0.2, 0.25) is 0 Å². The number of likely N-dealkylation sites (tertiary alicyclic amines) is 1. The topological polar surface area (TPSA) is 96.3 Å². The largest absolute Gasteiger partial charge is 0.484 e. The van der Waals surface area contributed by atoms with Gasteiger partial charge in [0.25, 0.3) is 0 Å². The predicted octanol–water partition coefficient (Wildman–Crippen LogP) is 6.82. The van der Waals surface area contributed by atoms with Crippen molar-refractivity contribution in [2.45, 2.75) is 83.1 Å². The molecular formula is C38H51N7O3. The minimum Gasteiger partial charge on any atom is -0.484 e. The van der Waals surface area contributed by atoms with E-state index in [-0.39, 0.29) is 29.1 Å². The van der Waals surface area contributed by atoms with Crippen LogP contribution in [0.5, 0.6) is 5.75 Å². The summed E-state index contributed by atoms with van der Waals surface area (Å²) in [7, 11) is 6.22. The van der Waals surface area contributed by atoms with Crippen LogP contribution in [-0.4, -0.2) is 71.3 Å². The standard InChI is InChI=1S/C38H51N7O3/c1-37(2,3)27-21-26(25-47-20-19-43(5)6)22-28(23-27)39-36(46)40-32-14-15-33(31-12-9-8-11-30(31)32)48-29-13-16-34-41-42-35(45(34)24-29)38(4)17-10-18-44(38)7/h8-9,11-13,16,21-24,32-33H,10,14-15,17-20,25H2,1-7H3,(H2,39,40,46)/t32-,33+,38?/m0/s1. The number of nitrogens with zero attached hydrogens (tertiary/aromatic N) is 5. The van der Waals surface area contributed by atoms with Crippen LogP contribution in [0.1, 0.15) is 93.6 Å². The maximum atomic E-state index is 13.5. The first-order chi connectivity index (χ1) is 22.9. The Balaban J connectivity index is 1.15. The van der Waals surface area contributed by atoms with Crippen molar-refractivity contribution in [2.24, 2.45) is 0 Å². The van der Waals surface area contributed by atoms with Gasteiger partial charge in [0, 0.05) is 12.2 Å². The van der Waals surface area contributed by atoms with E-state index in [4.69, 9.17) is 9.47 Å². The van der Waals surface area contributed by atoms with E-state index in [9.17, 15) is 4.79 Å². The van der Waals surface area contributed by atoms with Crippen LogP contribution in [0.4, 0.5) is 10.5 Å². The molecule has 3 atom stereocenters. The normalized spacial score (nSPS) is 21.4. The van der Waals surface area contributed by atoms with Crippen molar-refractivity contribution >= 4 is 17.4 Å². The van der Waals surface area contributed by atoms with Crippen LogP contribution in [-0.2, 0) is 22.3 Å². The Hall–Kier alpha value is -3.99. The molecule has 0 bridgehead atoms. The Labute approximate surface area is 284 Å². The number of urea groups is 1. The summed E-state index contributed by atoms with van der Waals surface area (Å²) in [6.45, 7) is 11.8. The molecule has 1 fully saturated rings. The van der Waals surface area contributed by atoms with Gasteiger partial charge in [0.15, 0.2) is 11.5 Å². The Kier molecular flexibility index (Phi) is 9.79. The summed E-state index contributed by atoms with van der Waals surface area (Å²) >= 11 is 0. The van der Waals surface area contributed by atoms with Crippen LogP contribution >= 0.6 is 0 Å². The predicted molar refractivity (Wildman–Crippen MR) is 189 cm³/mol. The number of rotatable bonds is 10. The number of ether oxygens (including phenoxy) is 2. The molecule has 1 saturated heterocycles. The number of aromatic nitrogens is 3. The first-order valence-electron chi connectivity index (χ1n) is 17.2. The van der Waals surface area contributed by atoms with Gasteiger partial charge in [0.2, 0.25) is 0 Å². The zero-order valence-corrected chi connectivity index (χ0v) is 29.5. The van der Waals surface area contributed by atoms with E-state index in [0.717, 1.165) is 83.9 Å². The zero-order chi connectivity index (χ0) is 34.1. The summed E-state index contributed by atoms with van der Waals surface area (Å²) in [4.78, 5) is 17.9. The van der Waals surface area contributed by atoms with Crippen molar-refractivity contribution in [1.29, 1.82) is 0 Å². The van der Waals surface area contributed by atoms with Crippen molar-refractivity contribution in [3.8, 4) is 5.75 Å². The van der Waals surface area contributed by atoms with E-state index in [1.54, 1.807) is 0 Å². The number of carbonyl (C=O) groups is 1. The van der Waals surface area contributed by atoms with Gasteiger partial charge in [-0.2, -0.15) is 0 Å². The number of hydrogen-bond donors (Lipinski definition) is 2. The third-order valence-corrected chi connectivity index (χ3v) is 9.94. The van der Waals surface area contributed by atoms with Crippen LogP contribution in [0, 0.1) is 0 Å². The van der Waals surface area contributed by atoms with Crippen LogP contribution in [0.25, 0.3) is 5.65 Å². The molecule has 0 spiro atoms. The Morgan fingerprint density at radius 2 is 1.85 bits per heavy atom. The highest BCUT2D eigenvalue weighted by Crippen LogP contribution is 2.40. The summed E-state index contributed by atoms with van der Waals surface area (Å²) in [6.07, 6.45) is 5.59. The highest BCUT2D eigenvalue weighted by Gasteiger charge is 2.40. The smallest absolute Gasteiger partial charge is 0.319 e. The molecule has 3 heterocycles.